The van der Waals surface area contributed by atoms with Crippen molar-refractivity contribution >= 4 is 17.5 Å². The van der Waals surface area contributed by atoms with Crippen LogP contribution in [0.3, 0.4) is 0 Å². The average Bonchev–Trinajstić information content (AvgIpc) is 2.96. The van der Waals surface area contributed by atoms with Crippen LogP contribution in [0.4, 0.5) is 5.69 Å². The van der Waals surface area contributed by atoms with Crippen molar-refractivity contribution in [3.8, 4) is 5.75 Å². The summed E-state index contributed by atoms with van der Waals surface area (Å²) in [6.45, 7) is 1.47. The first-order valence-electron chi connectivity index (χ1n) is 8.17. The van der Waals surface area contributed by atoms with Gasteiger partial charge in [0.25, 0.3) is 0 Å². The minimum atomic E-state index is -0.948. The number of nitrogens with zero attached hydrogens (tertiary/aromatic N) is 1. The van der Waals surface area contributed by atoms with Gasteiger partial charge in [-0.05, 0) is 31.4 Å². The Morgan fingerprint density at radius 1 is 1.38 bits per heavy atom. The number of nitrogens with two attached hydrogens (primary N) is 1. The minimum absolute atomic E-state index is 0.136. The maximum Gasteiger partial charge on any atom is 0.249 e. The molecule has 3 rings (SSSR count). The van der Waals surface area contributed by atoms with Crippen LogP contribution in [-0.4, -0.2) is 50.3 Å². The summed E-state index contributed by atoms with van der Waals surface area (Å²) in [5.74, 6) is 0.229. The zero-order chi connectivity index (χ0) is 17.2. The number of hydrogen-bond donors (Lipinski definition) is 2. The van der Waals surface area contributed by atoms with Crippen LogP contribution in [-0.2, 0) is 14.3 Å². The lowest BCUT2D eigenvalue weighted by atomic mass is 9.90. The molecule has 2 aliphatic rings. The molecule has 0 spiro atoms. The van der Waals surface area contributed by atoms with Crippen molar-refractivity contribution in [3.63, 3.8) is 0 Å². The fourth-order valence-corrected chi connectivity index (χ4v) is 3.17. The third-order valence-electron chi connectivity index (χ3n) is 4.72. The van der Waals surface area contributed by atoms with Crippen molar-refractivity contribution in [3.05, 3.63) is 24.3 Å². The second-order valence-electron chi connectivity index (χ2n) is 6.24. The Bertz CT molecular complexity index is 628. The molecule has 2 aliphatic heterocycles. The van der Waals surface area contributed by atoms with Crippen molar-refractivity contribution in [2.45, 2.75) is 30.8 Å². The molecule has 130 valence electrons. The standard InChI is InChI=1S/C17H23N3O4/c1-23-14-5-3-2-4-13(14)20-9-6-12(15(20)21)19-16(22)17(18)7-10-24-11-8-17/h2-5,12H,6-11,18H2,1H3,(H,19,22). The predicted octanol–water partition coefficient (Wildman–Crippen LogP) is 0.425. The molecule has 0 saturated carbocycles. The van der Waals surface area contributed by atoms with Crippen molar-refractivity contribution in [1.29, 1.82) is 0 Å². The number of carbonyl (C=O) groups excluding carboxylic acids is 2. The summed E-state index contributed by atoms with van der Waals surface area (Å²) in [6, 6.07) is 6.81. The van der Waals surface area contributed by atoms with Gasteiger partial charge in [0.05, 0.1) is 18.3 Å². The number of anilines is 1. The summed E-state index contributed by atoms with van der Waals surface area (Å²) in [5.41, 5.74) is 5.95. The smallest absolute Gasteiger partial charge is 0.249 e. The zero-order valence-corrected chi connectivity index (χ0v) is 13.8. The lowest BCUT2D eigenvalue weighted by molar-refractivity contribution is -0.132. The summed E-state index contributed by atoms with van der Waals surface area (Å²) in [6.07, 6.45) is 1.49. The van der Waals surface area contributed by atoms with Gasteiger partial charge in [-0.15, -0.1) is 0 Å². The Balaban J connectivity index is 1.69. The molecule has 1 aromatic rings. The Kier molecular flexibility index (Phi) is 4.73. The van der Waals surface area contributed by atoms with E-state index in [9.17, 15) is 9.59 Å². The molecule has 24 heavy (non-hydrogen) atoms. The lowest BCUT2D eigenvalue weighted by Gasteiger charge is -2.32. The van der Waals surface area contributed by atoms with Crippen LogP contribution < -0.4 is 20.7 Å². The molecule has 1 atom stereocenters. The van der Waals surface area contributed by atoms with E-state index in [0.29, 0.717) is 44.8 Å². The molecule has 2 amide bonds. The number of rotatable bonds is 4. The van der Waals surface area contributed by atoms with Crippen molar-refractivity contribution in [2.24, 2.45) is 5.73 Å². The van der Waals surface area contributed by atoms with Gasteiger partial charge >= 0.3 is 0 Å². The number of carbonyl (C=O) groups is 2. The highest BCUT2D eigenvalue weighted by Crippen LogP contribution is 2.31. The SMILES string of the molecule is COc1ccccc1N1CCC(NC(=O)C2(N)CCOCC2)C1=O. The quantitative estimate of drug-likeness (QED) is 0.833. The highest BCUT2D eigenvalue weighted by Gasteiger charge is 2.41. The van der Waals surface area contributed by atoms with E-state index in [4.69, 9.17) is 15.2 Å². The normalized spacial score (nSPS) is 23.2. The predicted molar refractivity (Wildman–Crippen MR) is 88.9 cm³/mol. The molecular weight excluding hydrogens is 310 g/mol. The van der Waals surface area contributed by atoms with Gasteiger partial charge < -0.3 is 25.4 Å². The first kappa shape index (κ1) is 16.7. The maximum absolute atomic E-state index is 12.7. The van der Waals surface area contributed by atoms with Crippen LogP contribution in [0.1, 0.15) is 19.3 Å². The Morgan fingerprint density at radius 2 is 2.08 bits per heavy atom. The van der Waals surface area contributed by atoms with Gasteiger partial charge in [-0.2, -0.15) is 0 Å². The van der Waals surface area contributed by atoms with Crippen LogP contribution in [0.5, 0.6) is 5.75 Å². The van der Waals surface area contributed by atoms with Gasteiger partial charge in [0.2, 0.25) is 11.8 Å². The number of methoxy groups -OCH3 is 1. The average molecular weight is 333 g/mol. The van der Waals surface area contributed by atoms with Gasteiger partial charge in [-0.25, -0.2) is 0 Å². The van der Waals surface area contributed by atoms with Gasteiger partial charge in [0, 0.05) is 19.8 Å². The summed E-state index contributed by atoms with van der Waals surface area (Å²) >= 11 is 0. The van der Waals surface area contributed by atoms with E-state index in [1.807, 2.05) is 24.3 Å². The number of hydrogen-bond acceptors (Lipinski definition) is 5. The van der Waals surface area contributed by atoms with E-state index >= 15 is 0 Å². The van der Waals surface area contributed by atoms with Crippen LogP contribution in [0, 0.1) is 0 Å². The van der Waals surface area contributed by atoms with E-state index in [2.05, 4.69) is 5.32 Å². The fourth-order valence-electron chi connectivity index (χ4n) is 3.17. The lowest BCUT2D eigenvalue weighted by Crippen LogP contribution is -2.59. The van der Waals surface area contributed by atoms with Crippen molar-refractivity contribution < 1.29 is 19.1 Å². The van der Waals surface area contributed by atoms with Crippen LogP contribution in [0.2, 0.25) is 0 Å². The number of nitrogens with one attached hydrogen (secondary N) is 1. The van der Waals surface area contributed by atoms with Crippen molar-refractivity contribution in [1.82, 2.24) is 5.32 Å². The molecule has 0 aliphatic carbocycles. The van der Waals surface area contributed by atoms with Gasteiger partial charge in [0.15, 0.2) is 0 Å². The number of ether oxygens (including phenoxy) is 2. The third kappa shape index (κ3) is 3.09. The molecule has 2 saturated heterocycles. The molecule has 2 fully saturated rings. The maximum atomic E-state index is 12.7. The molecule has 3 N–H and O–H groups in total. The van der Waals surface area contributed by atoms with Gasteiger partial charge in [0.1, 0.15) is 11.8 Å². The molecule has 0 radical (unpaired) electrons. The number of benzene rings is 1. The van der Waals surface area contributed by atoms with Gasteiger partial charge in [-0.1, -0.05) is 12.1 Å². The fraction of sp³-hybridized carbons (Fsp3) is 0.529. The third-order valence-corrected chi connectivity index (χ3v) is 4.72. The Labute approximate surface area is 141 Å². The van der Waals surface area contributed by atoms with Crippen LogP contribution >= 0.6 is 0 Å². The molecule has 2 heterocycles. The minimum Gasteiger partial charge on any atom is -0.495 e. The largest absolute Gasteiger partial charge is 0.495 e. The first-order valence-corrected chi connectivity index (χ1v) is 8.17. The monoisotopic (exact) mass is 333 g/mol. The first-order chi connectivity index (χ1) is 11.5. The molecule has 1 unspecified atom stereocenters. The summed E-state index contributed by atoms with van der Waals surface area (Å²) in [4.78, 5) is 26.8. The summed E-state index contributed by atoms with van der Waals surface area (Å²) in [5, 5.41) is 2.82. The Morgan fingerprint density at radius 3 is 2.79 bits per heavy atom. The van der Waals surface area contributed by atoms with E-state index in [1.54, 1.807) is 12.0 Å². The zero-order valence-electron chi connectivity index (χ0n) is 13.8. The van der Waals surface area contributed by atoms with E-state index < -0.39 is 11.6 Å². The molecule has 1 aromatic carbocycles. The highest BCUT2D eigenvalue weighted by molar-refractivity contribution is 6.03. The molecular formula is C17H23N3O4. The number of para-hydroxylation sites is 2. The summed E-state index contributed by atoms with van der Waals surface area (Å²) < 4.78 is 10.6. The molecule has 7 nitrogen and oxygen atoms in total. The van der Waals surface area contributed by atoms with Gasteiger partial charge in [-0.3, -0.25) is 9.59 Å². The van der Waals surface area contributed by atoms with E-state index in [-0.39, 0.29) is 11.8 Å². The van der Waals surface area contributed by atoms with Crippen LogP contribution in [0.25, 0.3) is 0 Å². The molecule has 0 bridgehead atoms. The molecule has 7 heteroatoms. The topological polar surface area (TPSA) is 93.9 Å². The highest BCUT2D eigenvalue weighted by atomic mass is 16.5. The summed E-state index contributed by atoms with van der Waals surface area (Å²) in [7, 11) is 1.57. The van der Waals surface area contributed by atoms with E-state index in [1.165, 1.54) is 0 Å². The number of amides is 2. The van der Waals surface area contributed by atoms with Crippen LogP contribution in [0.15, 0.2) is 24.3 Å². The second-order valence-corrected chi connectivity index (χ2v) is 6.24. The van der Waals surface area contributed by atoms with Crippen molar-refractivity contribution in [2.75, 3.05) is 31.8 Å². The molecule has 0 aromatic heterocycles. The second kappa shape index (κ2) is 6.78. The Hall–Kier alpha value is -2.12. The van der Waals surface area contributed by atoms with E-state index in [0.717, 1.165) is 5.69 Å².